The molecule has 7 heteroatoms. The van der Waals surface area contributed by atoms with E-state index in [1.165, 1.54) is 0 Å². The summed E-state index contributed by atoms with van der Waals surface area (Å²) in [6.07, 6.45) is 2.89. The molecule has 0 fully saturated rings. The number of hydrogen-bond donors (Lipinski definition) is 2. The number of nitrogens with one attached hydrogen (secondary N) is 2. The topological polar surface area (TPSA) is 76.7 Å². The van der Waals surface area contributed by atoms with Crippen LogP contribution in [0.25, 0.3) is 0 Å². The molecule has 0 saturated carbocycles. The molecular formula is C27H36N2O4S. The predicted molar refractivity (Wildman–Crippen MR) is 139 cm³/mol. The van der Waals surface area contributed by atoms with Crippen LogP contribution < -0.4 is 20.1 Å². The van der Waals surface area contributed by atoms with Crippen LogP contribution in [0, 0.1) is 10.8 Å². The van der Waals surface area contributed by atoms with Crippen molar-refractivity contribution in [3.05, 3.63) is 60.7 Å². The highest BCUT2D eigenvalue weighted by molar-refractivity contribution is 7.80. The zero-order valence-electron chi connectivity index (χ0n) is 20.6. The Labute approximate surface area is 208 Å². The summed E-state index contributed by atoms with van der Waals surface area (Å²) in [6, 6.07) is 18.2. The Morgan fingerprint density at radius 1 is 0.706 bits per heavy atom. The van der Waals surface area contributed by atoms with Gasteiger partial charge in [0.25, 0.3) is 0 Å². The van der Waals surface area contributed by atoms with Crippen LogP contribution in [0.3, 0.4) is 0 Å². The smallest absolute Gasteiger partial charge is 0.316 e. The van der Waals surface area contributed by atoms with Gasteiger partial charge in [0, 0.05) is 13.1 Å². The number of thiocarbonyl (C=S) groups is 1. The van der Waals surface area contributed by atoms with Gasteiger partial charge in [-0.3, -0.25) is 9.59 Å². The summed E-state index contributed by atoms with van der Waals surface area (Å²) < 4.78 is 10.9. The van der Waals surface area contributed by atoms with Crippen molar-refractivity contribution in [2.75, 3.05) is 13.1 Å². The van der Waals surface area contributed by atoms with Gasteiger partial charge in [-0.1, -0.05) is 36.4 Å². The van der Waals surface area contributed by atoms with Crippen molar-refractivity contribution in [3.63, 3.8) is 0 Å². The fourth-order valence-electron chi connectivity index (χ4n) is 3.20. The fourth-order valence-corrected chi connectivity index (χ4v) is 3.40. The zero-order valence-corrected chi connectivity index (χ0v) is 21.4. The molecule has 0 aromatic heterocycles. The molecule has 2 N–H and O–H groups in total. The molecule has 2 aromatic carbocycles. The molecule has 0 aliphatic rings. The highest BCUT2D eigenvalue weighted by Crippen LogP contribution is 2.26. The third-order valence-corrected chi connectivity index (χ3v) is 5.83. The lowest BCUT2D eigenvalue weighted by molar-refractivity contribution is -0.145. The molecule has 0 atom stereocenters. The minimum absolute atomic E-state index is 0.243. The monoisotopic (exact) mass is 484 g/mol. The van der Waals surface area contributed by atoms with Gasteiger partial charge in [-0.05, 0) is 89.9 Å². The number of hydrogen-bond acceptors (Lipinski definition) is 5. The first kappa shape index (κ1) is 27.3. The minimum Gasteiger partial charge on any atom is -0.426 e. The number of rotatable bonds is 12. The molecule has 0 spiro atoms. The highest BCUT2D eigenvalue weighted by Gasteiger charge is 2.30. The van der Waals surface area contributed by atoms with Crippen molar-refractivity contribution in [2.24, 2.45) is 10.8 Å². The second kappa shape index (κ2) is 13.1. The molecule has 0 unspecified atom stereocenters. The van der Waals surface area contributed by atoms with Gasteiger partial charge in [-0.15, -0.1) is 0 Å². The van der Waals surface area contributed by atoms with Gasteiger partial charge in [-0.25, -0.2) is 0 Å². The summed E-state index contributed by atoms with van der Waals surface area (Å²) in [5.41, 5.74) is -1.18. The zero-order chi connectivity index (χ0) is 25.0. The van der Waals surface area contributed by atoms with Gasteiger partial charge in [-0.2, -0.15) is 0 Å². The van der Waals surface area contributed by atoms with Crippen molar-refractivity contribution in [3.8, 4) is 11.5 Å². The van der Waals surface area contributed by atoms with Gasteiger partial charge in [0.1, 0.15) is 11.5 Å². The number of benzene rings is 2. The van der Waals surface area contributed by atoms with Gasteiger partial charge < -0.3 is 20.1 Å². The molecule has 184 valence electrons. The van der Waals surface area contributed by atoms with Crippen LogP contribution in [0.1, 0.15) is 53.4 Å². The third kappa shape index (κ3) is 9.51. The Balaban J connectivity index is 1.60. The Hall–Kier alpha value is -2.93. The number of carbonyl (C=O) groups excluding carboxylic acids is 2. The Kier molecular flexibility index (Phi) is 10.5. The molecule has 2 rings (SSSR count). The second-order valence-electron chi connectivity index (χ2n) is 9.56. The average Bonchev–Trinajstić information content (AvgIpc) is 2.81. The molecule has 0 amide bonds. The lowest BCUT2D eigenvalue weighted by Gasteiger charge is -2.23. The van der Waals surface area contributed by atoms with Crippen molar-refractivity contribution < 1.29 is 19.1 Å². The molecular weight excluding hydrogens is 448 g/mol. The minimum atomic E-state index is -0.591. The molecule has 6 nitrogen and oxygen atoms in total. The van der Waals surface area contributed by atoms with E-state index in [1.54, 1.807) is 24.3 Å². The van der Waals surface area contributed by atoms with Crippen LogP contribution in [-0.4, -0.2) is 30.1 Å². The maximum absolute atomic E-state index is 12.5. The summed E-state index contributed by atoms with van der Waals surface area (Å²) in [5.74, 6) is 0.627. The summed E-state index contributed by atoms with van der Waals surface area (Å²) in [5, 5.41) is 6.91. The largest absolute Gasteiger partial charge is 0.426 e. The Morgan fingerprint density at radius 2 is 1.06 bits per heavy atom. The van der Waals surface area contributed by atoms with Gasteiger partial charge >= 0.3 is 11.9 Å². The van der Waals surface area contributed by atoms with Crippen LogP contribution in [0.15, 0.2) is 60.7 Å². The maximum Gasteiger partial charge on any atom is 0.316 e. The van der Waals surface area contributed by atoms with E-state index >= 15 is 0 Å². The average molecular weight is 485 g/mol. The fraction of sp³-hybridized carbons (Fsp3) is 0.444. The second-order valence-corrected chi connectivity index (χ2v) is 9.97. The van der Waals surface area contributed by atoms with E-state index in [0.717, 1.165) is 12.8 Å². The van der Waals surface area contributed by atoms with Crippen molar-refractivity contribution in [1.29, 1.82) is 0 Å². The third-order valence-electron chi connectivity index (χ3n) is 5.54. The van der Waals surface area contributed by atoms with Gasteiger partial charge in [0.2, 0.25) is 0 Å². The molecule has 0 aliphatic carbocycles. The number of ether oxygens (including phenoxy) is 2. The molecule has 0 bridgehead atoms. The van der Waals surface area contributed by atoms with E-state index in [-0.39, 0.29) is 11.9 Å². The van der Waals surface area contributed by atoms with E-state index in [2.05, 4.69) is 10.6 Å². The summed E-state index contributed by atoms with van der Waals surface area (Å²) >= 11 is 5.34. The van der Waals surface area contributed by atoms with Crippen LogP contribution in [0.5, 0.6) is 11.5 Å². The Morgan fingerprint density at radius 3 is 1.41 bits per heavy atom. The van der Waals surface area contributed by atoms with Crippen LogP contribution >= 0.6 is 12.2 Å². The van der Waals surface area contributed by atoms with Crippen LogP contribution in [-0.2, 0) is 9.59 Å². The first-order chi connectivity index (χ1) is 16.1. The van der Waals surface area contributed by atoms with E-state index in [9.17, 15) is 9.59 Å². The number of carbonyl (C=O) groups is 2. The maximum atomic E-state index is 12.5. The van der Waals surface area contributed by atoms with Crippen molar-refractivity contribution in [1.82, 2.24) is 10.6 Å². The van der Waals surface area contributed by atoms with E-state index < -0.39 is 10.8 Å². The van der Waals surface area contributed by atoms with Crippen molar-refractivity contribution >= 4 is 29.3 Å². The van der Waals surface area contributed by atoms with E-state index in [0.29, 0.717) is 42.5 Å². The normalized spacial score (nSPS) is 11.4. The summed E-state index contributed by atoms with van der Waals surface area (Å²) in [6.45, 7) is 8.86. The SMILES string of the molecule is CC(C)(CCCNC(=S)NCCCC(C)(C)C(=O)Oc1ccccc1)C(=O)Oc1ccccc1. The predicted octanol–water partition coefficient (Wildman–Crippen LogP) is 5.27. The molecule has 0 saturated heterocycles. The molecule has 0 heterocycles. The van der Waals surface area contributed by atoms with Crippen molar-refractivity contribution in [2.45, 2.75) is 53.4 Å². The summed E-state index contributed by atoms with van der Waals surface area (Å²) in [4.78, 5) is 24.9. The number of para-hydroxylation sites is 2. The molecule has 34 heavy (non-hydrogen) atoms. The van der Waals surface area contributed by atoms with Gasteiger partial charge in [0.05, 0.1) is 10.8 Å². The van der Waals surface area contributed by atoms with E-state index in [1.807, 2.05) is 64.1 Å². The quantitative estimate of drug-likeness (QED) is 0.184. The standard InChI is InChI=1S/C27H36N2O4S/c1-26(2,23(30)32-21-13-7-5-8-14-21)17-11-19-28-25(34)29-20-12-18-27(3,4)24(31)33-22-15-9-6-10-16-22/h5-10,13-16H,11-12,17-20H2,1-4H3,(H2,28,29,34). The molecule has 0 radical (unpaired) electrons. The molecule has 2 aromatic rings. The van der Waals surface area contributed by atoms with Crippen LogP contribution in [0.2, 0.25) is 0 Å². The van der Waals surface area contributed by atoms with E-state index in [4.69, 9.17) is 21.7 Å². The Bertz CT molecular complexity index is 855. The summed E-state index contributed by atoms with van der Waals surface area (Å²) in [7, 11) is 0. The lowest BCUT2D eigenvalue weighted by Crippen LogP contribution is -2.38. The lowest BCUT2D eigenvalue weighted by atomic mass is 9.88. The van der Waals surface area contributed by atoms with Gasteiger partial charge in [0.15, 0.2) is 5.11 Å². The number of esters is 2. The highest BCUT2D eigenvalue weighted by atomic mass is 32.1. The first-order valence-corrected chi connectivity index (χ1v) is 12.1. The van der Waals surface area contributed by atoms with Crippen LogP contribution in [0.4, 0.5) is 0 Å². The first-order valence-electron chi connectivity index (χ1n) is 11.7. The molecule has 0 aliphatic heterocycles.